The average Bonchev–Trinajstić information content (AvgIpc) is 3.10. The van der Waals surface area contributed by atoms with Crippen LogP contribution in [0.2, 0.25) is 0 Å². The molecule has 0 fully saturated rings. The van der Waals surface area contributed by atoms with Gasteiger partial charge in [0.05, 0.1) is 36.3 Å². The lowest BCUT2D eigenvalue weighted by Gasteiger charge is -2.28. The molecule has 0 unspecified atom stereocenters. The van der Waals surface area contributed by atoms with E-state index in [0.717, 1.165) is 29.8 Å². The Kier molecular flexibility index (Phi) is 3.26. The summed E-state index contributed by atoms with van der Waals surface area (Å²) < 4.78 is 7.67. The minimum absolute atomic E-state index is 0.00315. The number of nitrogens with one attached hydrogen (secondary N) is 1. The van der Waals surface area contributed by atoms with Crippen LogP contribution in [0.1, 0.15) is 53.0 Å². The van der Waals surface area contributed by atoms with Crippen LogP contribution >= 0.6 is 0 Å². The minimum Gasteiger partial charge on any atom is -0.369 e. The standard InChI is InChI=1S/C16H21N5O2/c1-9-6-12-14(19-20(3)15(12)10(2)23-9)16(22)21-5-4-11-7-17-18-13(11)8-21/h7,9-10H,4-6,8H2,1-3H3,(H,17,18)/t9-,10+/m1/s1. The van der Waals surface area contributed by atoms with Gasteiger partial charge < -0.3 is 9.64 Å². The maximum absolute atomic E-state index is 13.0. The summed E-state index contributed by atoms with van der Waals surface area (Å²) in [5.74, 6) is 0.00315. The minimum atomic E-state index is -0.0339. The highest BCUT2D eigenvalue weighted by atomic mass is 16.5. The lowest BCUT2D eigenvalue weighted by molar-refractivity contribution is -0.00907. The van der Waals surface area contributed by atoms with E-state index in [1.54, 1.807) is 4.68 Å². The zero-order valence-electron chi connectivity index (χ0n) is 13.7. The number of H-pyrrole nitrogens is 1. The van der Waals surface area contributed by atoms with Crippen molar-refractivity contribution < 1.29 is 9.53 Å². The second-order valence-electron chi connectivity index (χ2n) is 6.48. The lowest BCUT2D eigenvalue weighted by Crippen LogP contribution is -2.37. The second kappa shape index (κ2) is 5.19. The summed E-state index contributed by atoms with van der Waals surface area (Å²) in [5.41, 5.74) is 4.87. The van der Waals surface area contributed by atoms with Gasteiger partial charge in [-0.25, -0.2) is 0 Å². The van der Waals surface area contributed by atoms with Crippen molar-refractivity contribution in [2.45, 2.75) is 45.4 Å². The van der Waals surface area contributed by atoms with E-state index >= 15 is 0 Å². The number of hydrogen-bond acceptors (Lipinski definition) is 4. The van der Waals surface area contributed by atoms with E-state index in [-0.39, 0.29) is 18.1 Å². The van der Waals surface area contributed by atoms with Crippen LogP contribution in [0.5, 0.6) is 0 Å². The normalized spacial score (nSPS) is 23.5. The van der Waals surface area contributed by atoms with E-state index in [1.807, 2.05) is 32.0 Å². The molecule has 2 atom stereocenters. The molecular formula is C16H21N5O2. The lowest BCUT2D eigenvalue weighted by atomic mass is 9.98. The summed E-state index contributed by atoms with van der Waals surface area (Å²) in [6, 6.07) is 0. The Labute approximate surface area is 134 Å². The van der Waals surface area contributed by atoms with Crippen LogP contribution in [0.4, 0.5) is 0 Å². The van der Waals surface area contributed by atoms with E-state index in [2.05, 4.69) is 15.3 Å². The predicted octanol–water partition coefficient (Wildman–Crippen LogP) is 1.36. The molecule has 1 amide bonds. The molecule has 4 heterocycles. The van der Waals surface area contributed by atoms with Crippen LogP contribution in [-0.2, 0) is 31.2 Å². The predicted molar refractivity (Wildman–Crippen MR) is 82.9 cm³/mol. The first kappa shape index (κ1) is 14.4. The molecule has 2 aliphatic rings. The van der Waals surface area contributed by atoms with Crippen LogP contribution in [0.15, 0.2) is 6.20 Å². The Balaban J connectivity index is 1.66. The van der Waals surface area contributed by atoms with Crippen LogP contribution in [-0.4, -0.2) is 43.4 Å². The molecule has 0 radical (unpaired) electrons. The molecule has 2 aromatic heterocycles. The Morgan fingerprint density at radius 1 is 1.43 bits per heavy atom. The summed E-state index contributed by atoms with van der Waals surface area (Å²) in [4.78, 5) is 14.9. The quantitative estimate of drug-likeness (QED) is 0.862. The number of aryl methyl sites for hydroxylation is 1. The smallest absolute Gasteiger partial charge is 0.275 e. The average molecular weight is 315 g/mol. The number of nitrogens with zero attached hydrogens (tertiary/aromatic N) is 4. The highest BCUT2D eigenvalue weighted by Crippen LogP contribution is 2.32. The van der Waals surface area contributed by atoms with Gasteiger partial charge >= 0.3 is 0 Å². The molecule has 7 nitrogen and oxygen atoms in total. The maximum Gasteiger partial charge on any atom is 0.275 e. The summed E-state index contributed by atoms with van der Waals surface area (Å²) in [7, 11) is 1.88. The van der Waals surface area contributed by atoms with E-state index in [1.165, 1.54) is 5.56 Å². The third-order valence-electron chi connectivity index (χ3n) is 4.80. The van der Waals surface area contributed by atoms with Gasteiger partial charge in [-0.2, -0.15) is 10.2 Å². The van der Waals surface area contributed by atoms with E-state index < -0.39 is 0 Å². The largest absolute Gasteiger partial charge is 0.369 e. The molecule has 0 spiro atoms. The summed E-state index contributed by atoms with van der Waals surface area (Å²) in [6.07, 6.45) is 3.49. The molecule has 2 aromatic rings. The van der Waals surface area contributed by atoms with Gasteiger partial charge in [-0.1, -0.05) is 0 Å². The van der Waals surface area contributed by atoms with Crippen molar-refractivity contribution in [3.63, 3.8) is 0 Å². The third kappa shape index (κ3) is 2.26. The molecule has 2 aliphatic heterocycles. The van der Waals surface area contributed by atoms with Crippen LogP contribution in [0.3, 0.4) is 0 Å². The second-order valence-corrected chi connectivity index (χ2v) is 6.48. The van der Waals surface area contributed by atoms with Gasteiger partial charge in [0.2, 0.25) is 0 Å². The van der Waals surface area contributed by atoms with Gasteiger partial charge in [-0.15, -0.1) is 0 Å². The number of aromatic nitrogens is 4. The van der Waals surface area contributed by atoms with Gasteiger partial charge in [0.1, 0.15) is 0 Å². The van der Waals surface area contributed by atoms with E-state index in [9.17, 15) is 4.79 Å². The van der Waals surface area contributed by atoms with Crippen molar-refractivity contribution >= 4 is 5.91 Å². The molecule has 122 valence electrons. The molecule has 0 aromatic carbocycles. The number of fused-ring (bicyclic) bond motifs is 2. The fourth-order valence-electron chi connectivity index (χ4n) is 3.75. The third-order valence-corrected chi connectivity index (χ3v) is 4.80. The summed E-state index contributed by atoms with van der Waals surface area (Å²) in [6.45, 7) is 5.33. The Bertz CT molecular complexity index is 763. The Morgan fingerprint density at radius 3 is 3.09 bits per heavy atom. The van der Waals surface area contributed by atoms with Crippen molar-refractivity contribution in [1.29, 1.82) is 0 Å². The van der Waals surface area contributed by atoms with E-state index in [0.29, 0.717) is 18.8 Å². The van der Waals surface area contributed by atoms with Crippen LogP contribution in [0.25, 0.3) is 0 Å². The zero-order chi connectivity index (χ0) is 16.1. The number of hydrogen-bond donors (Lipinski definition) is 1. The molecule has 0 aliphatic carbocycles. The highest BCUT2D eigenvalue weighted by Gasteiger charge is 2.33. The van der Waals surface area contributed by atoms with Crippen LogP contribution in [0, 0.1) is 0 Å². The zero-order valence-corrected chi connectivity index (χ0v) is 13.7. The molecule has 0 saturated carbocycles. The fraction of sp³-hybridized carbons (Fsp3) is 0.562. The molecule has 23 heavy (non-hydrogen) atoms. The number of aromatic amines is 1. The van der Waals surface area contributed by atoms with Crippen LogP contribution < -0.4 is 0 Å². The number of ether oxygens (including phenoxy) is 1. The van der Waals surface area contributed by atoms with Gasteiger partial charge in [0, 0.05) is 25.6 Å². The molecule has 0 bridgehead atoms. The SMILES string of the molecule is C[C@@H]1Cc2c(C(=O)N3CCc4cn[nH]c4C3)nn(C)c2[C@H](C)O1. The van der Waals surface area contributed by atoms with Crippen molar-refractivity contribution in [1.82, 2.24) is 24.9 Å². The molecule has 0 saturated heterocycles. The summed E-state index contributed by atoms with van der Waals surface area (Å²) in [5, 5.41) is 11.6. The highest BCUT2D eigenvalue weighted by molar-refractivity contribution is 5.94. The molecule has 1 N–H and O–H groups in total. The fourth-order valence-corrected chi connectivity index (χ4v) is 3.75. The molecule has 7 heteroatoms. The first-order valence-electron chi connectivity index (χ1n) is 8.06. The van der Waals surface area contributed by atoms with Gasteiger partial charge in [0.15, 0.2) is 5.69 Å². The topological polar surface area (TPSA) is 76.0 Å². The first-order valence-corrected chi connectivity index (χ1v) is 8.06. The van der Waals surface area contributed by atoms with E-state index in [4.69, 9.17) is 4.74 Å². The Hall–Kier alpha value is -2.15. The number of amides is 1. The molecule has 4 rings (SSSR count). The number of carbonyl (C=O) groups excluding carboxylic acids is 1. The van der Waals surface area contributed by atoms with Gasteiger partial charge in [0.25, 0.3) is 5.91 Å². The van der Waals surface area contributed by atoms with Crippen molar-refractivity contribution in [2.75, 3.05) is 6.54 Å². The van der Waals surface area contributed by atoms with Crippen molar-refractivity contribution in [3.8, 4) is 0 Å². The first-order chi connectivity index (χ1) is 11.0. The monoisotopic (exact) mass is 315 g/mol. The number of rotatable bonds is 1. The summed E-state index contributed by atoms with van der Waals surface area (Å²) >= 11 is 0. The van der Waals surface area contributed by atoms with Crippen molar-refractivity contribution in [2.24, 2.45) is 7.05 Å². The van der Waals surface area contributed by atoms with Crippen molar-refractivity contribution in [3.05, 3.63) is 34.4 Å². The van der Waals surface area contributed by atoms with Gasteiger partial charge in [-0.05, 0) is 25.8 Å². The Morgan fingerprint density at radius 2 is 2.26 bits per heavy atom. The van der Waals surface area contributed by atoms with Gasteiger partial charge in [-0.3, -0.25) is 14.6 Å². The molecular weight excluding hydrogens is 294 g/mol. The number of carbonyl (C=O) groups is 1. The maximum atomic E-state index is 13.0.